The van der Waals surface area contributed by atoms with Crippen molar-refractivity contribution in [2.45, 2.75) is 44.7 Å². The van der Waals surface area contributed by atoms with Crippen LogP contribution < -0.4 is 10.9 Å². The van der Waals surface area contributed by atoms with Crippen molar-refractivity contribution in [2.24, 2.45) is 0 Å². The molecule has 0 amide bonds. The van der Waals surface area contributed by atoms with Crippen LogP contribution in [0.25, 0.3) is 11.3 Å². The summed E-state index contributed by atoms with van der Waals surface area (Å²) in [6.45, 7) is 5.93. The number of nitrogens with zero attached hydrogens (tertiary/aromatic N) is 1. The summed E-state index contributed by atoms with van der Waals surface area (Å²) in [5, 5.41) is 3.56. The van der Waals surface area contributed by atoms with Crippen LogP contribution in [-0.4, -0.2) is 35.1 Å². The average Bonchev–Trinajstić information content (AvgIpc) is 3.08. The molecule has 25 heavy (non-hydrogen) atoms. The third kappa shape index (κ3) is 3.29. The molecule has 2 aromatic rings. The van der Waals surface area contributed by atoms with Gasteiger partial charge in [-0.15, -0.1) is 0 Å². The molecule has 2 fully saturated rings. The van der Waals surface area contributed by atoms with Gasteiger partial charge in [-0.3, -0.25) is 9.69 Å². The molecule has 1 aromatic carbocycles. The molecule has 132 valence electrons. The first-order valence-electron chi connectivity index (χ1n) is 9.41. The molecule has 1 saturated heterocycles. The fourth-order valence-electron chi connectivity index (χ4n) is 4.47. The maximum Gasteiger partial charge on any atom is 0.252 e. The monoisotopic (exact) mass is 337 g/mol. The van der Waals surface area contributed by atoms with Gasteiger partial charge in [-0.2, -0.15) is 0 Å². The summed E-state index contributed by atoms with van der Waals surface area (Å²) in [6.07, 6.45) is 5.11. The van der Waals surface area contributed by atoms with Crippen molar-refractivity contribution in [3.05, 3.63) is 57.9 Å². The van der Waals surface area contributed by atoms with Crippen LogP contribution in [-0.2, 0) is 6.54 Å². The average molecular weight is 337 g/mol. The van der Waals surface area contributed by atoms with Crippen LogP contribution in [0.2, 0.25) is 0 Å². The molecule has 1 spiro atoms. The summed E-state index contributed by atoms with van der Waals surface area (Å²) in [4.78, 5) is 18.3. The van der Waals surface area contributed by atoms with Crippen LogP contribution in [0.3, 0.4) is 0 Å². The second-order valence-corrected chi connectivity index (χ2v) is 7.63. The van der Waals surface area contributed by atoms with Crippen LogP contribution >= 0.6 is 0 Å². The maximum absolute atomic E-state index is 12.7. The van der Waals surface area contributed by atoms with Crippen molar-refractivity contribution < 1.29 is 0 Å². The lowest BCUT2D eigenvalue weighted by Crippen LogP contribution is -2.59. The van der Waals surface area contributed by atoms with Gasteiger partial charge in [0.2, 0.25) is 0 Å². The third-order valence-corrected chi connectivity index (χ3v) is 5.90. The fraction of sp³-hybridized carbons (Fsp3) is 0.476. The Balaban J connectivity index is 1.58. The molecule has 4 rings (SSSR count). The topological polar surface area (TPSA) is 48.1 Å². The highest BCUT2D eigenvalue weighted by Crippen LogP contribution is 2.36. The standard InChI is InChI=1S/C21H27N3O/c1-16-5-4-6-17(13-16)19-8-7-18(20(25)23-19)14-24-12-11-22-15-21(24)9-2-3-10-21/h4-8,13,22H,2-3,9-12,14-15H2,1H3,(H,23,25). The van der Waals surface area contributed by atoms with E-state index in [-0.39, 0.29) is 11.1 Å². The third-order valence-electron chi connectivity index (χ3n) is 5.90. The quantitative estimate of drug-likeness (QED) is 0.905. The smallest absolute Gasteiger partial charge is 0.252 e. The zero-order chi connectivity index (χ0) is 17.3. The van der Waals surface area contributed by atoms with Gasteiger partial charge < -0.3 is 10.3 Å². The summed E-state index contributed by atoms with van der Waals surface area (Å²) in [7, 11) is 0. The van der Waals surface area contributed by atoms with Crippen molar-refractivity contribution in [2.75, 3.05) is 19.6 Å². The first-order valence-corrected chi connectivity index (χ1v) is 9.41. The zero-order valence-electron chi connectivity index (χ0n) is 15.0. The van der Waals surface area contributed by atoms with Crippen molar-refractivity contribution in [1.82, 2.24) is 15.2 Å². The van der Waals surface area contributed by atoms with Gasteiger partial charge >= 0.3 is 0 Å². The van der Waals surface area contributed by atoms with E-state index >= 15 is 0 Å². The Morgan fingerprint density at radius 3 is 2.76 bits per heavy atom. The van der Waals surface area contributed by atoms with E-state index in [2.05, 4.69) is 40.3 Å². The number of aromatic nitrogens is 1. The Hall–Kier alpha value is -1.91. The van der Waals surface area contributed by atoms with Gasteiger partial charge in [-0.25, -0.2) is 0 Å². The van der Waals surface area contributed by atoms with Crippen LogP contribution in [0.4, 0.5) is 0 Å². The van der Waals surface area contributed by atoms with Crippen molar-refractivity contribution in [3.63, 3.8) is 0 Å². The first kappa shape index (κ1) is 16.6. The zero-order valence-corrected chi connectivity index (χ0v) is 15.0. The lowest BCUT2D eigenvalue weighted by Gasteiger charge is -2.45. The number of H-pyrrole nitrogens is 1. The minimum atomic E-state index is 0.0469. The summed E-state index contributed by atoms with van der Waals surface area (Å²) < 4.78 is 0. The van der Waals surface area contributed by atoms with Gasteiger partial charge in [0.15, 0.2) is 0 Å². The van der Waals surface area contributed by atoms with Crippen molar-refractivity contribution in [1.29, 1.82) is 0 Å². The van der Waals surface area contributed by atoms with E-state index < -0.39 is 0 Å². The summed E-state index contributed by atoms with van der Waals surface area (Å²) in [6, 6.07) is 12.3. The molecule has 1 aliphatic carbocycles. The molecular formula is C21H27N3O. The van der Waals surface area contributed by atoms with Gasteiger partial charge in [-0.1, -0.05) is 42.7 Å². The van der Waals surface area contributed by atoms with Crippen LogP contribution in [0.5, 0.6) is 0 Å². The van der Waals surface area contributed by atoms with E-state index in [1.54, 1.807) is 0 Å². The van der Waals surface area contributed by atoms with Crippen LogP contribution in [0, 0.1) is 6.92 Å². The number of aryl methyl sites for hydroxylation is 1. The lowest BCUT2D eigenvalue weighted by atomic mass is 9.92. The van der Waals surface area contributed by atoms with Crippen molar-refractivity contribution >= 4 is 0 Å². The molecular weight excluding hydrogens is 310 g/mol. The number of piperazine rings is 1. The summed E-state index contributed by atoms with van der Waals surface area (Å²) in [5.41, 5.74) is 4.35. The van der Waals surface area contributed by atoms with E-state index in [0.717, 1.165) is 43.0 Å². The highest BCUT2D eigenvalue weighted by atomic mass is 16.1. The minimum absolute atomic E-state index is 0.0469. The van der Waals surface area contributed by atoms with E-state index in [4.69, 9.17) is 0 Å². The Labute approximate surface area is 149 Å². The number of benzene rings is 1. The molecule has 0 unspecified atom stereocenters. The molecule has 4 nitrogen and oxygen atoms in total. The molecule has 1 aliphatic heterocycles. The van der Waals surface area contributed by atoms with Gasteiger partial charge in [0.05, 0.1) is 0 Å². The summed E-state index contributed by atoms with van der Waals surface area (Å²) >= 11 is 0. The summed E-state index contributed by atoms with van der Waals surface area (Å²) in [5.74, 6) is 0. The number of aromatic amines is 1. The Morgan fingerprint density at radius 1 is 1.16 bits per heavy atom. The predicted octanol–water partition coefficient (Wildman–Crippen LogP) is 3.07. The lowest BCUT2D eigenvalue weighted by molar-refractivity contribution is 0.0569. The highest BCUT2D eigenvalue weighted by Gasteiger charge is 2.41. The molecule has 1 aromatic heterocycles. The molecule has 2 aliphatic rings. The minimum Gasteiger partial charge on any atom is -0.322 e. The molecule has 2 heterocycles. The van der Waals surface area contributed by atoms with E-state index in [1.807, 2.05) is 18.2 Å². The maximum atomic E-state index is 12.7. The number of nitrogens with one attached hydrogen (secondary N) is 2. The van der Waals surface area contributed by atoms with Crippen LogP contribution in [0.15, 0.2) is 41.2 Å². The van der Waals surface area contributed by atoms with Crippen molar-refractivity contribution in [3.8, 4) is 11.3 Å². The molecule has 2 N–H and O–H groups in total. The van der Waals surface area contributed by atoms with E-state index in [0.29, 0.717) is 0 Å². The Morgan fingerprint density at radius 2 is 2.00 bits per heavy atom. The normalized spacial score (nSPS) is 20.2. The Bertz CT molecular complexity index is 805. The van der Waals surface area contributed by atoms with Gasteiger partial charge in [-0.05, 0) is 37.5 Å². The van der Waals surface area contributed by atoms with Gasteiger partial charge in [0.25, 0.3) is 5.56 Å². The number of rotatable bonds is 3. The van der Waals surface area contributed by atoms with Gasteiger partial charge in [0.1, 0.15) is 0 Å². The molecule has 0 atom stereocenters. The number of pyridine rings is 1. The first-order chi connectivity index (χ1) is 12.2. The SMILES string of the molecule is Cc1cccc(-c2ccc(CN3CCNCC34CCCC4)c(=O)[nH]2)c1. The molecule has 1 saturated carbocycles. The Kier molecular flexibility index (Phi) is 4.48. The van der Waals surface area contributed by atoms with E-state index in [9.17, 15) is 4.79 Å². The molecule has 4 heteroatoms. The highest BCUT2D eigenvalue weighted by molar-refractivity contribution is 5.59. The largest absolute Gasteiger partial charge is 0.322 e. The predicted molar refractivity (Wildman–Crippen MR) is 102 cm³/mol. The second kappa shape index (κ2) is 6.77. The number of hydrogen-bond donors (Lipinski definition) is 2. The molecule has 0 bridgehead atoms. The fourth-order valence-corrected chi connectivity index (χ4v) is 4.47. The molecule has 0 radical (unpaired) electrons. The number of hydrogen-bond acceptors (Lipinski definition) is 3. The van der Waals surface area contributed by atoms with Crippen LogP contribution in [0.1, 0.15) is 36.8 Å². The second-order valence-electron chi connectivity index (χ2n) is 7.63. The van der Waals surface area contributed by atoms with Gasteiger partial charge in [0, 0.05) is 43.0 Å². The van der Waals surface area contributed by atoms with E-state index in [1.165, 1.54) is 31.2 Å².